The smallest absolute Gasteiger partial charge is 0.334 e. The molecule has 0 saturated carbocycles. The molecule has 0 bridgehead atoms. The molecule has 0 aliphatic carbocycles. The maximum absolute atomic E-state index is 12.4. The molecular weight excluding hydrogens is 368 g/mol. The first-order valence-corrected chi connectivity index (χ1v) is 8.84. The second kappa shape index (κ2) is 8.00. The molecule has 0 aromatic heterocycles. The molecule has 0 radical (unpaired) electrons. The molecule has 8 nitrogen and oxygen atoms in total. The molecule has 2 aliphatic heterocycles. The zero-order chi connectivity index (χ0) is 21.2. The van der Waals surface area contributed by atoms with Gasteiger partial charge in [0.15, 0.2) is 0 Å². The number of esters is 3. The molecule has 0 aromatic carbocycles. The molecular formula is C20H24O8. The SMILES string of the molecule is C=C1C(=O)OC2C=C(C)C(=O)OC(C)(CC(=O)O)CC(OC(=O)C(C)=CC)C12. The van der Waals surface area contributed by atoms with E-state index in [1.807, 2.05) is 0 Å². The van der Waals surface area contributed by atoms with E-state index in [9.17, 15) is 24.3 Å². The van der Waals surface area contributed by atoms with E-state index in [0.29, 0.717) is 5.57 Å². The number of fused-ring (bicyclic) bond motifs is 1. The molecule has 2 aliphatic rings. The summed E-state index contributed by atoms with van der Waals surface area (Å²) in [5, 5.41) is 9.27. The van der Waals surface area contributed by atoms with Gasteiger partial charge in [-0.1, -0.05) is 12.7 Å². The van der Waals surface area contributed by atoms with Gasteiger partial charge in [0, 0.05) is 23.1 Å². The van der Waals surface area contributed by atoms with Crippen LogP contribution < -0.4 is 0 Å². The van der Waals surface area contributed by atoms with Gasteiger partial charge < -0.3 is 19.3 Å². The van der Waals surface area contributed by atoms with Crippen molar-refractivity contribution in [2.75, 3.05) is 0 Å². The van der Waals surface area contributed by atoms with E-state index in [-0.39, 0.29) is 17.6 Å². The molecule has 1 saturated heterocycles. The Hall–Kier alpha value is -2.90. The van der Waals surface area contributed by atoms with Crippen molar-refractivity contribution in [2.45, 2.75) is 58.3 Å². The average Bonchev–Trinajstić information content (AvgIpc) is 2.86. The Balaban J connectivity index is 2.53. The Morgan fingerprint density at radius 1 is 1.39 bits per heavy atom. The van der Waals surface area contributed by atoms with E-state index in [1.54, 1.807) is 19.9 Å². The van der Waals surface area contributed by atoms with Gasteiger partial charge in [0.1, 0.15) is 17.8 Å². The Morgan fingerprint density at radius 3 is 2.61 bits per heavy atom. The van der Waals surface area contributed by atoms with Crippen LogP contribution in [-0.2, 0) is 33.4 Å². The summed E-state index contributed by atoms with van der Waals surface area (Å²) in [6.45, 7) is 9.92. The summed E-state index contributed by atoms with van der Waals surface area (Å²) in [5.41, 5.74) is -0.869. The number of allylic oxidation sites excluding steroid dienone is 1. The Labute approximate surface area is 162 Å². The van der Waals surface area contributed by atoms with Gasteiger partial charge in [-0.25, -0.2) is 14.4 Å². The highest BCUT2D eigenvalue weighted by Crippen LogP contribution is 2.39. The van der Waals surface area contributed by atoms with E-state index >= 15 is 0 Å². The fourth-order valence-electron chi connectivity index (χ4n) is 3.28. The lowest BCUT2D eigenvalue weighted by atomic mass is 9.83. The fourth-order valence-corrected chi connectivity index (χ4v) is 3.28. The van der Waals surface area contributed by atoms with Gasteiger partial charge >= 0.3 is 23.9 Å². The van der Waals surface area contributed by atoms with Gasteiger partial charge in [0.05, 0.1) is 12.3 Å². The molecule has 4 atom stereocenters. The van der Waals surface area contributed by atoms with Crippen LogP contribution in [0, 0.1) is 5.92 Å². The van der Waals surface area contributed by atoms with Crippen molar-refractivity contribution in [1.29, 1.82) is 0 Å². The quantitative estimate of drug-likeness (QED) is 0.439. The predicted molar refractivity (Wildman–Crippen MR) is 96.9 cm³/mol. The summed E-state index contributed by atoms with van der Waals surface area (Å²) in [5.74, 6) is -3.95. The zero-order valence-corrected chi connectivity index (χ0v) is 16.3. The van der Waals surface area contributed by atoms with Crippen LogP contribution in [0.2, 0.25) is 0 Å². The summed E-state index contributed by atoms with van der Waals surface area (Å²) in [7, 11) is 0. The molecule has 4 unspecified atom stereocenters. The third-order valence-corrected chi connectivity index (χ3v) is 4.91. The first kappa shape index (κ1) is 21.4. The minimum Gasteiger partial charge on any atom is -0.481 e. The Bertz CT molecular complexity index is 790. The normalized spacial score (nSPS) is 30.9. The summed E-state index contributed by atoms with van der Waals surface area (Å²) in [6, 6.07) is 0. The van der Waals surface area contributed by atoms with Crippen molar-refractivity contribution >= 4 is 23.9 Å². The van der Waals surface area contributed by atoms with Gasteiger partial charge in [-0.3, -0.25) is 4.79 Å². The van der Waals surface area contributed by atoms with E-state index in [1.165, 1.54) is 19.9 Å². The Morgan fingerprint density at radius 2 is 2.04 bits per heavy atom. The maximum atomic E-state index is 12.4. The zero-order valence-electron chi connectivity index (χ0n) is 16.3. The number of carboxylic acids is 1. The van der Waals surface area contributed by atoms with Crippen LogP contribution in [0.25, 0.3) is 0 Å². The predicted octanol–water partition coefficient (Wildman–Crippen LogP) is 2.09. The monoisotopic (exact) mass is 392 g/mol. The van der Waals surface area contributed by atoms with Crippen LogP contribution in [0.4, 0.5) is 0 Å². The number of carbonyl (C=O) groups is 4. The second-order valence-electron chi connectivity index (χ2n) is 7.30. The third kappa shape index (κ3) is 4.49. The van der Waals surface area contributed by atoms with Crippen LogP contribution in [0.1, 0.15) is 40.5 Å². The first-order valence-electron chi connectivity index (χ1n) is 8.84. The minimum absolute atomic E-state index is 0.0944. The number of carbonyl (C=O) groups excluding carboxylic acids is 3. The summed E-state index contributed by atoms with van der Waals surface area (Å²) in [6.07, 6.45) is 0.501. The highest BCUT2D eigenvalue weighted by Gasteiger charge is 2.49. The largest absolute Gasteiger partial charge is 0.481 e. The number of hydrogen-bond acceptors (Lipinski definition) is 7. The standard InChI is InChI=1S/C20H24O8/c1-6-10(2)17(23)27-14-8-20(5,9-15(21)22)28-18(24)11(3)7-13-16(14)12(4)19(25)26-13/h6-7,13-14,16H,4,8-9H2,1-3,5H3,(H,21,22). The van der Waals surface area contributed by atoms with Crippen molar-refractivity contribution in [3.05, 3.63) is 35.5 Å². The molecule has 1 fully saturated rings. The number of ether oxygens (including phenoxy) is 3. The molecule has 1 N–H and O–H groups in total. The van der Waals surface area contributed by atoms with Crippen molar-refractivity contribution in [2.24, 2.45) is 5.92 Å². The molecule has 8 heteroatoms. The molecule has 28 heavy (non-hydrogen) atoms. The van der Waals surface area contributed by atoms with Gasteiger partial charge in [0.25, 0.3) is 0 Å². The van der Waals surface area contributed by atoms with Crippen LogP contribution in [0.15, 0.2) is 35.5 Å². The topological polar surface area (TPSA) is 116 Å². The van der Waals surface area contributed by atoms with E-state index in [2.05, 4.69) is 6.58 Å². The number of carboxylic acid groups (broad SMARTS) is 1. The third-order valence-electron chi connectivity index (χ3n) is 4.91. The van der Waals surface area contributed by atoms with Crippen LogP contribution in [0.5, 0.6) is 0 Å². The lowest BCUT2D eigenvalue weighted by molar-refractivity contribution is -0.166. The second-order valence-corrected chi connectivity index (χ2v) is 7.30. The van der Waals surface area contributed by atoms with Crippen LogP contribution in [0.3, 0.4) is 0 Å². The molecule has 0 spiro atoms. The number of rotatable bonds is 4. The average molecular weight is 392 g/mol. The van der Waals surface area contributed by atoms with Crippen molar-refractivity contribution < 1.29 is 38.5 Å². The van der Waals surface area contributed by atoms with Crippen LogP contribution in [-0.4, -0.2) is 46.8 Å². The molecule has 152 valence electrons. The van der Waals surface area contributed by atoms with Crippen LogP contribution >= 0.6 is 0 Å². The molecule has 2 heterocycles. The van der Waals surface area contributed by atoms with E-state index < -0.39 is 54.0 Å². The number of hydrogen-bond donors (Lipinski definition) is 1. The van der Waals surface area contributed by atoms with Crippen molar-refractivity contribution in [3.8, 4) is 0 Å². The lowest BCUT2D eigenvalue weighted by Crippen LogP contribution is -2.42. The summed E-state index contributed by atoms with van der Waals surface area (Å²) in [4.78, 5) is 48.2. The highest BCUT2D eigenvalue weighted by atomic mass is 16.6. The van der Waals surface area contributed by atoms with Crippen molar-refractivity contribution in [1.82, 2.24) is 0 Å². The van der Waals surface area contributed by atoms with E-state index in [4.69, 9.17) is 14.2 Å². The van der Waals surface area contributed by atoms with E-state index in [0.717, 1.165) is 0 Å². The lowest BCUT2D eigenvalue weighted by Gasteiger charge is -2.33. The fraction of sp³-hybridized carbons (Fsp3) is 0.500. The molecule has 2 rings (SSSR count). The first-order chi connectivity index (χ1) is 13.0. The number of aliphatic carboxylic acids is 1. The highest BCUT2D eigenvalue weighted by molar-refractivity contribution is 5.93. The maximum Gasteiger partial charge on any atom is 0.334 e. The van der Waals surface area contributed by atoms with Gasteiger partial charge in [-0.2, -0.15) is 0 Å². The molecule has 0 amide bonds. The van der Waals surface area contributed by atoms with Gasteiger partial charge in [0.2, 0.25) is 0 Å². The Kier molecular flexibility index (Phi) is 6.11. The summed E-state index contributed by atoms with van der Waals surface area (Å²) < 4.78 is 16.3. The van der Waals surface area contributed by atoms with Gasteiger partial charge in [-0.05, 0) is 33.8 Å². The minimum atomic E-state index is -1.46. The molecule has 0 aromatic rings. The summed E-state index contributed by atoms with van der Waals surface area (Å²) >= 11 is 0. The van der Waals surface area contributed by atoms with Gasteiger partial charge in [-0.15, -0.1) is 0 Å². The van der Waals surface area contributed by atoms with Crippen molar-refractivity contribution in [3.63, 3.8) is 0 Å². The number of cyclic esters (lactones) is 1.